The number of fused-ring (bicyclic) bond motifs is 1. The topological polar surface area (TPSA) is 79.6 Å². The minimum atomic E-state index is 0.489. The van der Waals surface area contributed by atoms with Crippen molar-refractivity contribution in [3.8, 4) is 23.4 Å². The molecule has 3 heterocycles. The van der Waals surface area contributed by atoms with Crippen molar-refractivity contribution in [2.75, 3.05) is 12.4 Å². The van der Waals surface area contributed by atoms with Crippen LogP contribution in [-0.4, -0.2) is 27.0 Å². The Balaban J connectivity index is 2.01. The monoisotopic (exact) mass is 295 g/mol. The van der Waals surface area contributed by atoms with E-state index in [1.54, 1.807) is 13.3 Å². The van der Waals surface area contributed by atoms with E-state index in [4.69, 9.17) is 4.42 Å². The first-order chi connectivity index (χ1) is 10.8. The third-order valence-corrected chi connectivity index (χ3v) is 3.19. The Bertz CT molecular complexity index is 823. The summed E-state index contributed by atoms with van der Waals surface area (Å²) in [5.74, 6) is 8.53. The van der Waals surface area contributed by atoms with Crippen LogP contribution in [0, 0.1) is 11.8 Å². The van der Waals surface area contributed by atoms with Gasteiger partial charge in [0.15, 0.2) is 28.6 Å². The molecule has 0 aliphatic heterocycles. The molecule has 0 spiro atoms. The predicted octanol–water partition coefficient (Wildman–Crippen LogP) is 3.20. The number of nitrogens with one attached hydrogen (secondary N) is 2. The summed E-state index contributed by atoms with van der Waals surface area (Å²) in [5.41, 5.74) is 1.32. The Morgan fingerprint density at radius 2 is 2.23 bits per heavy atom. The zero-order chi connectivity index (χ0) is 15.4. The maximum atomic E-state index is 5.35. The van der Waals surface area contributed by atoms with Gasteiger partial charge in [0.1, 0.15) is 0 Å². The van der Waals surface area contributed by atoms with Crippen LogP contribution in [0.25, 0.3) is 22.7 Å². The Morgan fingerprint density at radius 3 is 2.95 bits per heavy atom. The summed E-state index contributed by atoms with van der Waals surface area (Å²) in [6.45, 7) is 2.14. The van der Waals surface area contributed by atoms with Gasteiger partial charge in [-0.1, -0.05) is 19.3 Å². The van der Waals surface area contributed by atoms with E-state index in [1.807, 2.05) is 12.1 Å². The molecule has 0 aliphatic carbocycles. The van der Waals surface area contributed by atoms with Gasteiger partial charge >= 0.3 is 0 Å². The Kier molecular flexibility index (Phi) is 4.05. The Morgan fingerprint density at radius 1 is 1.32 bits per heavy atom. The molecule has 0 radical (unpaired) electrons. The van der Waals surface area contributed by atoms with Gasteiger partial charge in [0.05, 0.1) is 6.26 Å². The normalized spacial score (nSPS) is 10.5. The molecule has 0 unspecified atom stereocenters. The van der Waals surface area contributed by atoms with Crippen LogP contribution in [0.3, 0.4) is 0 Å². The first kappa shape index (κ1) is 14.1. The highest BCUT2D eigenvalue weighted by Crippen LogP contribution is 2.23. The summed E-state index contributed by atoms with van der Waals surface area (Å²) in [5, 5.41) is 3.04. The number of hydrogen-bond donors (Lipinski definition) is 2. The number of furan rings is 1. The summed E-state index contributed by atoms with van der Waals surface area (Å²) < 4.78 is 5.35. The lowest BCUT2D eigenvalue weighted by Crippen LogP contribution is -1.98. The van der Waals surface area contributed by atoms with E-state index in [-0.39, 0.29) is 0 Å². The fourth-order valence-electron chi connectivity index (χ4n) is 2.07. The molecule has 6 heteroatoms. The molecule has 0 fully saturated rings. The van der Waals surface area contributed by atoms with Crippen molar-refractivity contribution in [1.29, 1.82) is 0 Å². The van der Waals surface area contributed by atoms with Crippen LogP contribution in [-0.2, 0) is 0 Å². The van der Waals surface area contributed by atoms with E-state index in [0.717, 1.165) is 19.3 Å². The molecule has 0 bridgehead atoms. The third-order valence-electron chi connectivity index (χ3n) is 3.19. The fraction of sp³-hybridized carbons (Fsp3) is 0.312. The van der Waals surface area contributed by atoms with E-state index in [2.05, 4.69) is 44.0 Å². The van der Waals surface area contributed by atoms with Crippen molar-refractivity contribution in [1.82, 2.24) is 19.9 Å². The summed E-state index contributed by atoms with van der Waals surface area (Å²) in [4.78, 5) is 16.5. The van der Waals surface area contributed by atoms with Gasteiger partial charge in [0.25, 0.3) is 0 Å². The van der Waals surface area contributed by atoms with Gasteiger partial charge in [0, 0.05) is 13.5 Å². The van der Waals surface area contributed by atoms with Crippen LogP contribution in [0.15, 0.2) is 22.8 Å². The maximum Gasteiger partial charge on any atom is 0.208 e. The van der Waals surface area contributed by atoms with E-state index in [1.165, 1.54) is 0 Å². The molecule has 0 atom stereocenters. The second-order valence-electron chi connectivity index (χ2n) is 4.81. The number of anilines is 1. The second-order valence-corrected chi connectivity index (χ2v) is 4.81. The maximum absolute atomic E-state index is 5.35. The second kappa shape index (κ2) is 6.31. The molecule has 2 N–H and O–H groups in total. The molecule has 3 aromatic heterocycles. The fourth-order valence-corrected chi connectivity index (χ4v) is 2.07. The van der Waals surface area contributed by atoms with E-state index < -0.39 is 0 Å². The predicted molar refractivity (Wildman–Crippen MR) is 85.3 cm³/mol. The number of hydrogen-bond acceptors (Lipinski definition) is 5. The molecule has 0 amide bonds. The van der Waals surface area contributed by atoms with Gasteiger partial charge in [-0.15, -0.1) is 0 Å². The third kappa shape index (κ3) is 2.79. The molecular formula is C16H17N5O. The van der Waals surface area contributed by atoms with Crippen molar-refractivity contribution < 1.29 is 4.42 Å². The number of aromatic nitrogens is 4. The molecule has 112 valence electrons. The number of aromatic amines is 1. The number of unbranched alkanes of at least 4 members (excludes halogenated alkanes) is 2. The first-order valence-electron chi connectivity index (χ1n) is 7.30. The largest absolute Gasteiger partial charge is 0.461 e. The SMILES string of the molecule is CCCCC#Cc1nc(NC)c2nc(-c3ccco3)[nH]c2n1. The van der Waals surface area contributed by atoms with Crippen molar-refractivity contribution in [2.24, 2.45) is 0 Å². The molecule has 0 aromatic carbocycles. The minimum Gasteiger partial charge on any atom is -0.461 e. The van der Waals surface area contributed by atoms with Crippen molar-refractivity contribution in [3.63, 3.8) is 0 Å². The van der Waals surface area contributed by atoms with E-state index in [0.29, 0.717) is 34.4 Å². The zero-order valence-corrected chi connectivity index (χ0v) is 12.6. The molecular weight excluding hydrogens is 278 g/mol. The van der Waals surface area contributed by atoms with Crippen molar-refractivity contribution in [2.45, 2.75) is 26.2 Å². The van der Waals surface area contributed by atoms with E-state index in [9.17, 15) is 0 Å². The number of rotatable bonds is 4. The molecule has 0 saturated carbocycles. The lowest BCUT2D eigenvalue weighted by Gasteiger charge is -1.99. The lowest BCUT2D eigenvalue weighted by atomic mass is 10.2. The van der Waals surface area contributed by atoms with Gasteiger partial charge in [-0.05, 0) is 24.5 Å². The number of imidazole rings is 1. The number of nitrogens with zero attached hydrogens (tertiary/aromatic N) is 3. The van der Waals surface area contributed by atoms with Crippen LogP contribution in [0.1, 0.15) is 32.0 Å². The number of H-pyrrole nitrogens is 1. The standard InChI is InChI=1S/C16H17N5O/c1-3-4-5-6-9-12-18-15(17-2)13-16(19-12)21-14(20-13)11-8-7-10-22-11/h7-8,10H,3-5H2,1-2H3,(H2,17,18,19,20,21). The molecule has 0 aliphatic rings. The van der Waals surface area contributed by atoms with Crippen LogP contribution >= 0.6 is 0 Å². The molecule has 3 rings (SSSR count). The van der Waals surface area contributed by atoms with Gasteiger partial charge in [-0.2, -0.15) is 0 Å². The highest BCUT2D eigenvalue weighted by molar-refractivity contribution is 5.85. The Hall–Kier alpha value is -2.81. The smallest absolute Gasteiger partial charge is 0.208 e. The lowest BCUT2D eigenvalue weighted by molar-refractivity contribution is 0.578. The van der Waals surface area contributed by atoms with E-state index >= 15 is 0 Å². The van der Waals surface area contributed by atoms with Crippen molar-refractivity contribution in [3.05, 3.63) is 24.2 Å². The zero-order valence-electron chi connectivity index (χ0n) is 12.6. The highest BCUT2D eigenvalue weighted by atomic mass is 16.3. The minimum absolute atomic E-state index is 0.489. The van der Waals surface area contributed by atoms with Crippen molar-refractivity contribution >= 4 is 17.0 Å². The summed E-state index contributed by atoms with van der Waals surface area (Å²) >= 11 is 0. The average Bonchev–Trinajstić information content (AvgIpc) is 3.19. The summed E-state index contributed by atoms with van der Waals surface area (Å²) in [7, 11) is 1.80. The summed E-state index contributed by atoms with van der Waals surface area (Å²) in [6, 6.07) is 3.66. The first-order valence-corrected chi connectivity index (χ1v) is 7.30. The van der Waals surface area contributed by atoms with Crippen LogP contribution in [0.2, 0.25) is 0 Å². The van der Waals surface area contributed by atoms with Gasteiger partial charge in [-0.3, -0.25) is 0 Å². The molecule has 6 nitrogen and oxygen atoms in total. The van der Waals surface area contributed by atoms with Crippen LogP contribution in [0.4, 0.5) is 5.82 Å². The molecule has 22 heavy (non-hydrogen) atoms. The molecule has 3 aromatic rings. The highest BCUT2D eigenvalue weighted by Gasteiger charge is 2.13. The molecule has 0 saturated heterocycles. The quantitative estimate of drug-likeness (QED) is 0.571. The van der Waals surface area contributed by atoms with Gasteiger partial charge < -0.3 is 14.7 Å². The summed E-state index contributed by atoms with van der Waals surface area (Å²) in [6.07, 6.45) is 4.68. The van der Waals surface area contributed by atoms with Crippen LogP contribution in [0.5, 0.6) is 0 Å². The van der Waals surface area contributed by atoms with Gasteiger partial charge in [0.2, 0.25) is 5.82 Å². The van der Waals surface area contributed by atoms with Gasteiger partial charge in [-0.25, -0.2) is 15.0 Å². The average molecular weight is 295 g/mol. The Labute approximate surface area is 128 Å². The van der Waals surface area contributed by atoms with Crippen LogP contribution < -0.4 is 5.32 Å².